The molecule has 1 amide bonds. The van der Waals surface area contributed by atoms with E-state index in [9.17, 15) is 9.59 Å². The van der Waals surface area contributed by atoms with Gasteiger partial charge >= 0.3 is 0 Å². The van der Waals surface area contributed by atoms with Crippen LogP contribution in [-0.2, 0) is 9.59 Å². The summed E-state index contributed by atoms with van der Waals surface area (Å²) in [5.41, 5.74) is 3.46. The molecule has 34 heavy (non-hydrogen) atoms. The number of ether oxygens (including phenoxy) is 3. The van der Waals surface area contributed by atoms with Gasteiger partial charge in [-0.1, -0.05) is 25.1 Å². The van der Waals surface area contributed by atoms with E-state index >= 15 is 0 Å². The largest absolute Gasteiger partial charge is 0.494 e. The first kappa shape index (κ1) is 23.9. The van der Waals surface area contributed by atoms with Crippen molar-refractivity contribution in [3.63, 3.8) is 0 Å². The maximum absolute atomic E-state index is 13.4. The summed E-state index contributed by atoms with van der Waals surface area (Å²) in [6.45, 7) is 7.64. The van der Waals surface area contributed by atoms with E-state index < -0.39 is 0 Å². The van der Waals surface area contributed by atoms with Crippen LogP contribution < -0.4 is 19.5 Å². The van der Waals surface area contributed by atoms with Gasteiger partial charge in [-0.15, -0.1) is 0 Å². The van der Waals surface area contributed by atoms with Crippen molar-refractivity contribution in [1.82, 2.24) is 5.32 Å². The molecule has 0 saturated heterocycles. The number of amides is 1. The quantitative estimate of drug-likeness (QED) is 0.548. The molecule has 0 fully saturated rings. The number of allylic oxidation sites excluding steroid dienone is 2. The molecule has 1 heterocycles. The third-order valence-electron chi connectivity index (χ3n) is 6.33. The molecular formula is C28H33NO5. The fraction of sp³-hybridized carbons (Fsp3) is 0.429. The third-order valence-corrected chi connectivity index (χ3v) is 6.33. The number of nitrogens with one attached hydrogen (secondary N) is 1. The van der Waals surface area contributed by atoms with Crippen LogP contribution in [0.4, 0.5) is 0 Å². The van der Waals surface area contributed by atoms with E-state index in [1.165, 1.54) is 0 Å². The molecule has 2 atom stereocenters. The molecule has 1 N–H and O–H groups in total. The summed E-state index contributed by atoms with van der Waals surface area (Å²) in [6.07, 6.45) is 2.26. The van der Waals surface area contributed by atoms with Crippen LogP contribution in [-0.4, -0.2) is 31.5 Å². The van der Waals surface area contributed by atoms with E-state index in [0.29, 0.717) is 44.2 Å². The first-order chi connectivity index (χ1) is 16.5. The van der Waals surface area contributed by atoms with Gasteiger partial charge in [0.2, 0.25) is 5.91 Å². The predicted octanol–water partition coefficient (Wildman–Crippen LogP) is 5.28. The van der Waals surface area contributed by atoms with Crippen LogP contribution in [0, 0.1) is 0 Å². The molecule has 0 radical (unpaired) electrons. The van der Waals surface area contributed by atoms with Gasteiger partial charge in [0.05, 0.1) is 19.8 Å². The van der Waals surface area contributed by atoms with Gasteiger partial charge in [0.15, 0.2) is 17.3 Å². The molecule has 6 nitrogen and oxygen atoms in total. The second-order valence-electron chi connectivity index (χ2n) is 8.72. The van der Waals surface area contributed by atoms with Crippen LogP contribution in [0.1, 0.15) is 69.4 Å². The number of benzene rings is 2. The lowest BCUT2D eigenvalue weighted by atomic mass is 9.73. The summed E-state index contributed by atoms with van der Waals surface area (Å²) in [5.74, 6) is 1.92. The molecule has 0 aromatic heterocycles. The highest BCUT2D eigenvalue weighted by molar-refractivity contribution is 6.02. The lowest BCUT2D eigenvalue weighted by Crippen LogP contribution is -2.38. The lowest BCUT2D eigenvalue weighted by molar-refractivity contribution is -0.122. The maximum atomic E-state index is 13.4. The molecule has 0 spiro atoms. The summed E-state index contributed by atoms with van der Waals surface area (Å²) < 4.78 is 17.1. The minimum absolute atomic E-state index is 0.0323. The van der Waals surface area contributed by atoms with Gasteiger partial charge in [-0.3, -0.25) is 9.59 Å². The zero-order valence-electron chi connectivity index (χ0n) is 20.2. The Morgan fingerprint density at radius 2 is 1.53 bits per heavy atom. The van der Waals surface area contributed by atoms with Crippen molar-refractivity contribution in [2.75, 3.05) is 19.8 Å². The Morgan fingerprint density at radius 1 is 0.824 bits per heavy atom. The molecule has 2 aliphatic rings. The lowest BCUT2D eigenvalue weighted by Gasteiger charge is -2.34. The number of rotatable bonds is 9. The van der Waals surface area contributed by atoms with Gasteiger partial charge in [-0.2, -0.15) is 0 Å². The average Bonchev–Trinajstić information content (AvgIpc) is 2.83. The summed E-state index contributed by atoms with van der Waals surface area (Å²) >= 11 is 0. The minimum atomic E-state index is -0.281. The van der Waals surface area contributed by atoms with Crippen molar-refractivity contribution >= 4 is 11.7 Å². The average molecular weight is 464 g/mol. The highest BCUT2D eigenvalue weighted by atomic mass is 16.5. The van der Waals surface area contributed by atoms with Crippen molar-refractivity contribution in [2.45, 2.75) is 58.3 Å². The van der Waals surface area contributed by atoms with Crippen LogP contribution in [0.25, 0.3) is 0 Å². The van der Waals surface area contributed by atoms with E-state index in [-0.39, 0.29) is 29.9 Å². The van der Waals surface area contributed by atoms with Crippen molar-refractivity contribution in [3.8, 4) is 17.2 Å². The second-order valence-corrected chi connectivity index (χ2v) is 8.72. The standard InChI is InChI=1S/C28H33NO5/c1-4-13-34-21-10-7-18(8-11-21)20-14-23-28(24(30)15-20)22(17-27(31)29-23)19-9-12-25(32-5-2)26(16-19)33-6-3/h7-12,16,20,22H,4-6,13-15,17H2,1-3H3,(H,29,31). The Balaban J connectivity index is 1.61. The zero-order chi connectivity index (χ0) is 24.1. The highest BCUT2D eigenvalue weighted by Crippen LogP contribution is 2.44. The van der Waals surface area contributed by atoms with E-state index in [2.05, 4.69) is 12.2 Å². The van der Waals surface area contributed by atoms with Crippen LogP contribution in [0.5, 0.6) is 17.2 Å². The SMILES string of the molecule is CCCOc1ccc(C2CC(=O)C3=C(C2)NC(=O)CC3c2ccc(OCC)c(OCC)c2)cc1. The molecule has 6 heteroatoms. The van der Waals surface area contributed by atoms with Gasteiger partial charge in [-0.05, 0) is 68.0 Å². The van der Waals surface area contributed by atoms with Gasteiger partial charge in [-0.25, -0.2) is 0 Å². The molecule has 2 aromatic carbocycles. The third kappa shape index (κ3) is 5.11. The van der Waals surface area contributed by atoms with E-state index in [1.807, 2.05) is 56.3 Å². The fourth-order valence-electron chi connectivity index (χ4n) is 4.82. The smallest absolute Gasteiger partial charge is 0.225 e. The topological polar surface area (TPSA) is 73.9 Å². The normalized spacial score (nSPS) is 20.0. The summed E-state index contributed by atoms with van der Waals surface area (Å²) in [7, 11) is 0. The summed E-state index contributed by atoms with van der Waals surface area (Å²) in [4.78, 5) is 26.0. The van der Waals surface area contributed by atoms with Gasteiger partial charge < -0.3 is 19.5 Å². The number of Topliss-reactive ketones (excluding diaryl/α,β-unsaturated/α-hetero) is 1. The van der Waals surface area contributed by atoms with Crippen molar-refractivity contribution in [3.05, 3.63) is 64.9 Å². The van der Waals surface area contributed by atoms with E-state index in [0.717, 1.165) is 34.6 Å². The zero-order valence-corrected chi connectivity index (χ0v) is 20.2. The summed E-state index contributed by atoms with van der Waals surface area (Å²) in [6, 6.07) is 13.7. The Morgan fingerprint density at radius 3 is 2.24 bits per heavy atom. The molecule has 2 unspecified atom stereocenters. The predicted molar refractivity (Wildman–Crippen MR) is 131 cm³/mol. The van der Waals surface area contributed by atoms with Crippen LogP contribution >= 0.6 is 0 Å². The minimum Gasteiger partial charge on any atom is -0.494 e. The summed E-state index contributed by atoms with van der Waals surface area (Å²) in [5, 5.41) is 3.00. The maximum Gasteiger partial charge on any atom is 0.225 e. The van der Waals surface area contributed by atoms with Crippen LogP contribution in [0.3, 0.4) is 0 Å². The molecule has 2 aromatic rings. The Labute approximate surface area is 201 Å². The number of hydrogen-bond acceptors (Lipinski definition) is 5. The number of carbonyl (C=O) groups excluding carboxylic acids is 2. The fourth-order valence-corrected chi connectivity index (χ4v) is 4.82. The van der Waals surface area contributed by atoms with Crippen molar-refractivity contribution < 1.29 is 23.8 Å². The van der Waals surface area contributed by atoms with E-state index in [4.69, 9.17) is 14.2 Å². The van der Waals surface area contributed by atoms with Gasteiger partial charge in [0.1, 0.15) is 5.75 Å². The molecule has 180 valence electrons. The number of carbonyl (C=O) groups is 2. The molecule has 0 bridgehead atoms. The van der Waals surface area contributed by atoms with Crippen molar-refractivity contribution in [1.29, 1.82) is 0 Å². The molecule has 1 aliphatic carbocycles. The first-order valence-electron chi connectivity index (χ1n) is 12.2. The monoisotopic (exact) mass is 463 g/mol. The Bertz CT molecular complexity index is 1070. The first-order valence-corrected chi connectivity index (χ1v) is 12.2. The van der Waals surface area contributed by atoms with E-state index in [1.54, 1.807) is 0 Å². The second kappa shape index (κ2) is 10.8. The van der Waals surface area contributed by atoms with Gasteiger partial charge in [0, 0.05) is 30.0 Å². The Kier molecular flexibility index (Phi) is 7.56. The molecule has 4 rings (SSSR count). The van der Waals surface area contributed by atoms with Crippen LogP contribution in [0.15, 0.2) is 53.7 Å². The Hall–Kier alpha value is -3.28. The molecule has 1 aliphatic heterocycles. The number of hydrogen-bond donors (Lipinski definition) is 1. The van der Waals surface area contributed by atoms with Crippen LogP contribution in [0.2, 0.25) is 0 Å². The number of ketones is 1. The molecule has 0 saturated carbocycles. The van der Waals surface area contributed by atoms with Crippen molar-refractivity contribution in [2.24, 2.45) is 0 Å². The molecular weight excluding hydrogens is 430 g/mol. The van der Waals surface area contributed by atoms with Gasteiger partial charge in [0.25, 0.3) is 0 Å². The highest BCUT2D eigenvalue weighted by Gasteiger charge is 2.38.